The normalized spacial score (nSPS) is 16.2. The number of fused-ring (bicyclic) bond motifs is 1. The number of amidine groups is 1. The summed E-state index contributed by atoms with van der Waals surface area (Å²) in [5.41, 5.74) is 7.10. The molecule has 0 fully saturated rings. The van der Waals surface area contributed by atoms with Gasteiger partial charge in [0, 0.05) is 29.9 Å². The van der Waals surface area contributed by atoms with Crippen LogP contribution >= 0.6 is 0 Å². The fourth-order valence-electron chi connectivity index (χ4n) is 3.44. The second-order valence-corrected chi connectivity index (χ2v) is 8.16. The summed E-state index contributed by atoms with van der Waals surface area (Å²) in [5, 5.41) is 10.2. The number of imidazole rings is 1. The van der Waals surface area contributed by atoms with E-state index in [9.17, 15) is 26.7 Å². The molecule has 1 aliphatic rings. The maximum Gasteiger partial charge on any atom is 0.405 e. The molecule has 0 bridgehead atoms. The van der Waals surface area contributed by atoms with Crippen LogP contribution in [0, 0.1) is 11.6 Å². The Bertz CT molecular complexity index is 1390. The van der Waals surface area contributed by atoms with Gasteiger partial charge in [-0.1, -0.05) is 12.1 Å². The van der Waals surface area contributed by atoms with Gasteiger partial charge in [-0.2, -0.15) is 18.3 Å². The highest BCUT2D eigenvalue weighted by molar-refractivity contribution is 5.95. The zero-order valence-corrected chi connectivity index (χ0v) is 19.3. The van der Waals surface area contributed by atoms with Crippen molar-refractivity contribution in [2.75, 3.05) is 11.9 Å². The molecule has 1 unspecified atom stereocenters. The van der Waals surface area contributed by atoms with Crippen LogP contribution < -0.4 is 16.4 Å². The summed E-state index contributed by atoms with van der Waals surface area (Å²) in [4.78, 5) is 23.3. The summed E-state index contributed by atoms with van der Waals surface area (Å²) >= 11 is 0. The summed E-state index contributed by atoms with van der Waals surface area (Å²) in [6.07, 6.45) is -2.10. The second kappa shape index (κ2) is 10.2. The Balaban J connectivity index is 1.51. The van der Waals surface area contributed by atoms with Crippen LogP contribution in [-0.2, 0) is 11.2 Å². The number of hydrogen-bond acceptors (Lipinski definition) is 7. The van der Waals surface area contributed by atoms with Gasteiger partial charge in [0.15, 0.2) is 5.82 Å². The minimum Gasteiger partial charge on any atom is -0.385 e. The Hall–Kier alpha value is -4.49. The lowest BCUT2D eigenvalue weighted by Crippen LogP contribution is -2.40. The molecule has 5 N–H and O–H groups in total. The number of H-pyrrole nitrogens is 1. The van der Waals surface area contributed by atoms with E-state index in [0.29, 0.717) is 11.3 Å². The van der Waals surface area contributed by atoms with Gasteiger partial charge in [0.05, 0.1) is 5.52 Å². The van der Waals surface area contributed by atoms with Crippen LogP contribution in [0.1, 0.15) is 12.5 Å². The third kappa shape index (κ3) is 6.39. The molecule has 0 spiro atoms. The Morgan fingerprint density at radius 3 is 2.65 bits per heavy atom. The zero-order chi connectivity index (χ0) is 26.7. The number of carbonyl (C=O) groups excluding carboxylic acids is 1. The van der Waals surface area contributed by atoms with Crippen LogP contribution in [0.4, 0.5) is 33.6 Å². The van der Waals surface area contributed by atoms with Crippen molar-refractivity contribution in [2.24, 2.45) is 15.8 Å². The number of aromatic amines is 1. The number of hydrazone groups is 1. The van der Waals surface area contributed by atoms with Crippen LogP contribution in [0.3, 0.4) is 0 Å². The Kier molecular flexibility index (Phi) is 7.09. The Labute approximate surface area is 207 Å². The van der Waals surface area contributed by atoms with Crippen LogP contribution in [0.2, 0.25) is 0 Å². The Morgan fingerprint density at radius 1 is 1.22 bits per heavy atom. The Morgan fingerprint density at radius 2 is 1.95 bits per heavy atom. The van der Waals surface area contributed by atoms with Gasteiger partial charge in [0.1, 0.15) is 36.1 Å². The molecule has 2 heterocycles. The lowest BCUT2D eigenvalue weighted by atomic mass is 10.0. The highest BCUT2D eigenvalue weighted by Crippen LogP contribution is 2.23. The van der Waals surface area contributed by atoms with Crippen molar-refractivity contribution in [3.05, 3.63) is 65.4 Å². The predicted octanol–water partition coefficient (Wildman–Crippen LogP) is 3.69. The first-order valence-corrected chi connectivity index (χ1v) is 10.9. The molecule has 4 rings (SSSR count). The van der Waals surface area contributed by atoms with Gasteiger partial charge in [0.25, 0.3) is 0 Å². The minimum atomic E-state index is -4.58. The van der Waals surface area contributed by atoms with Crippen LogP contribution in [-0.4, -0.2) is 51.8 Å². The van der Waals surface area contributed by atoms with Crippen molar-refractivity contribution in [3.63, 3.8) is 0 Å². The SMILES string of the molecule is CC1C(N)=NC=NN1/C=C(\Cc1ccc(Nc2nc3c(F)cc(F)cc3[nH]2)cc1)C(=O)NCC(F)(F)F. The molecule has 194 valence electrons. The number of rotatable bonds is 7. The lowest BCUT2D eigenvalue weighted by Gasteiger charge is -2.25. The second-order valence-electron chi connectivity index (χ2n) is 8.16. The van der Waals surface area contributed by atoms with E-state index in [0.717, 1.165) is 12.1 Å². The molecule has 1 atom stereocenters. The number of amides is 1. The molecule has 2 aromatic carbocycles. The molecule has 1 aromatic heterocycles. The average molecular weight is 520 g/mol. The molecule has 0 saturated heterocycles. The smallest absolute Gasteiger partial charge is 0.385 e. The van der Waals surface area contributed by atoms with E-state index in [4.69, 9.17) is 5.73 Å². The standard InChI is InChI=1S/C23H21F5N8O/c1-12-20(29)31-11-32-36(12)9-14(21(37)30-10-23(26,27)28)6-13-2-4-16(5-3-13)33-22-34-18-8-15(24)7-17(25)19(18)35-22/h2-5,7-9,11-12H,6,10H2,1H3,(H,30,37)(H2,29,31,32)(H2,33,34,35)/b14-9+. The van der Waals surface area contributed by atoms with Crippen molar-refractivity contribution in [3.8, 4) is 0 Å². The number of nitrogens with one attached hydrogen (secondary N) is 3. The van der Waals surface area contributed by atoms with Crippen LogP contribution in [0.15, 0.2) is 58.3 Å². The number of hydrogen-bond donors (Lipinski definition) is 4. The van der Waals surface area contributed by atoms with Crippen molar-refractivity contribution >= 4 is 40.8 Å². The van der Waals surface area contributed by atoms with Crippen molar-refractivity contribution < 1.29 is 26.7 Å². The zero-order valence-electron chi connectivity index (χ0n) is 19.3. The van der Waals surface area contributed by atoms with E-state index < -0.39 is 36.3 Å². The van der Waals surface area contributed by atoms with Gasteiger partial charge in [-0.25, -0.2) is 18.8 Å². The number of benzene rings is 2. The number of halogens is 5. The van der Waals surface area contributed by atoms with Gasteiger partial charge in [-0.15, -0.1) is 0 Å². The number of aromatic nitrogens is 2. The summed E-state index contributed by atoms with van der Waals surface area (Å²) < 4.78 is 65.3. The van der Waals surface area contributed by atoms with E-state index in [1.165, 1.54) is 17.5 Å². The summed E-state index contributed by atoms with van der Waals surface area (Å²) in [7, 11) is 0. The van der Waals surface area contributed by atoms with Gasteiger partial charge in [0.2, 0.25) is 11.9 Å². The molecule has 37 heavy (non-hydrogen) atoms. The first-order valence-electron chi connectivity index (χ1n) is 10.9. The van der Waals surface area contributed by atoms with E-state index in [2.05, 4.69) is 25.4 Å². The molecule has 1 amide bonds. The monoisotopic (exact) mass is 520 g/mol. The van der Waals surface area contributed by atoms with E-state index >= 15 is 0 Å². The van der Waals surface area contributed by atoms with Crippen LogP contribution in [0.5, 0.6) is 0 Å². The van der Waals surface area contributed by atoms with Crippen molar-refractivity contribution in [1.29, 1.82) is 0 Å². The number of carbonyl (C=O) groups is 1. The molecule has 1 aliphatic heterocycles. The highest BCUT2D eigenvalue weighted by Gasteiger charge is 2.29. The first-order chi connectivity index (χ1) is 17.5. The fourth-order valence-corrected chi connectivity index (χ4v) is 3.44. The molecule has 0 radical (unpaired) electrons. The maximum absolute atomic E-state index is 13.9. The lowest BCUT2D eigenvalue weighted by molar-refractivity contribution is -0.136. The quantitative estimate of drug-likeness (QED) is 0.280. The summed E-state index contributed by atoms with van der Waals surface area (Å²) in [5.74, 6) is -2.06. The first kappa shape index (κ1) is 25.6. The van der Waals surface area contributed by atoms with E-state index in [-0.39, 0.29) is 34.8 Å². The molecule has 0 saturated carbocycles. The van der Waals surface area contributed by atoms with E-state index in [1.54, 1.807) is 31.2 Å². The molecule has 0 aliphatic carbocycles. The maximum atomic E-state index is 13.9. The van der Waals surface area contributed by atoms with Gasteiger partial charge < -0.3 is 21.4 Å². The van der Waals surface area contributed by atoms with Gasteiger partial charge in [-0.3, -0.25) is 9.80 Å². The van der Waals surface area contributed by atoms with Crippen LogP contribution in [0.25, 0.3) is 11.0 Å². The molecule has 3 aromatic rings. The number of anilines is 2. The topological polar surface area (TPSA) is 124 Å². The third-order valence-corrected chi connectivity index (χ3v) is 5.36. The van der Waals surface area contributed by atoms with Crippen molar-refractivity contribution in [1.82, 2.24) is 20.3 Å². The number of nitrogens with zero attached hydrogens (tertiary/aromatic N) is 4. The number of alkyl halides is 3. The third-order valence-electron chi connectivity index (χ3n) is 5.36. The molecular weight excluding hydrogens is 499 g/mol. The largest absolute Gasteiger partial charge is 0.405 e. The highest BCUT2D eigenvalue weighted by atomic mass is 19.4. The number of aliphatic imine (C=N–C) groups is 1. The molecule has 9 nitrogen and oxygen atoms in total. The fraction of sp³-hybridized carbons (Fsp3) is 0.217. The molecular formula is C23H21F5N8O. The summed E-state index contributed by atoms with van der Waals surface area (Å²) in [6.45, 7) is 0.187. The molecule has 14 heteroatoms. The van der Waals surface area contributed by atoms with E-state index in [1.807, 2.05) is 5.32 Å². The van der Waals surface area contributed by atoms with Crippen molar-refractivity contribution in [2.45, 2.75) is 25.6 Å². The predicted molar refractivity (Wildman–Crippen MR) is 128 cm³/mol. The minimum absolute atomic E-state index is 0.0124. The summed E-state index contributed by atoms with van der Waals surface area (Å²) in [6, 6.07) is 7.90. The van der Waals surface area contributed by atoms with Gasteiger partial charge >= 0.3 is 6.18 Å². The average Bonchev–Trinajstić information content (AvgIpc) is 3.23. The number of nitrogens with two attached hydrogens (primary N) is 1. The van der Waals surface area contributed by atoms with Gasteiger partial charge in [-0.05, 0) is 30.7 Å².